The van der Waals surface area contributed by atoms with Gasteiger partial charge in [0.05, 0.1) is 31.9 Å². The molecule has 1 aliphatic rings. The Hall–Kier alpha value is -2.95. The fourth-order valence-corrected chi connectivity index (χ4v) is 4.76. The number of rotatable bonds is 8. The molecule has 1 heterocycles. The Morgan fingerprint density at radius 1 is 1.06 bits per heavy atom. The van der Waals surface area contributed by atoms with Gasteiger partial charge >= 0.3 is 0 Å². The predicted molar refractivity (Wildman–Crippen MR) is 122 cm³/mol. The maximum atomic E-state index is 12.8. The Bertz CT molecular complexity index is 1060. The summed E-state index contributed by atoms with van der Waals surface area (Å²) in [5.74, 6) is 0.977. The van der Waals surface area contributed by atoms with Gasteiger partial charge in [-0.3, -0.25) is 9.69 Å². The number of benzene rings is 2. The van der Waals surface area contributed by atoms with Crippen LogP contribution < -0.4 is 14.9 Å². The van der Waals surface area contributed by atoms with Crippen LogP contribution in [0, 0.1) is 6.92 Å². The maximum Gasteiger partial charge on any atom is 0.254 e. The summed E-state index contributed by atoms with van der Waals surface area (Å²) in [6, 6.07) is 12.1. The number of piperazine rings is 1. The molecule has 0 spiro atoms. The highest BCUT2D eigenvalue weighted by atomic mass is 32.2. The Balaban J connectivity index is 1.50. The van der Waals surface area contributed by atoms with E-state index in [0.29, 0.717) is 43.2 Å². The highest BCUT2D eigenvalue weighted by molar-refractivity contribution is 7.89. The molecule has 2 aromatic rings. The quantitative estimate of drug-likeness (QED) is 0.473. The molecule has 32 heavy (non-hydrogen) atoms. The first-order valence-corrected chi connectivity index (χ1v) is 11.6. The van der Waals surface area contributed by atoms with Gasteiger partial charge in [0, 0.05) is 31.7 Å². The standard InChI is InChI=1S/C22H28N4O5S/c1-17-4-7-20(8-5-17)32(28,29)26-12-10-25(11-13-26)16-22(27)24-23-15-18-14-19(30-2)6-9-21(18)31-3/h4-9,14-15H,10-13,16H2,1-3H3,(H,24,27)/b23-15-. The van der Waals surface area contributed by atoms with Gasteiger partial charge in [-0.25, -0.2) is 13.8 Å². The molecule has 0 bridgehead atoms. The van der Waals surface area contributed by atoms with Gasteiger partial charge in [0.1, 0.15) is 11.5 Å². The number of methoxy groups -OCH3 is 2. The van der Waals surface area contributed by atoms with Crippen molar-refractivity contribution in [2.75, 3.05) is 46.9 Å². The van der Waals surface area contributed by atoms with Crippen molar-refractivity contribution in [2.45, 2.75) is 11.8 Å². The van der Waals surface area contributed by atoms with Crippen LogP contribution in [0.2, 0.25) is 0 Å². The van der Waals surface area contributed by atoms with Gasteiger partial charge < -0.3 is 9.47 Å². The molecule has 0 atom stereocenters. The largest absolute Gasteiger partial charge is 0.497 e. The third-order valence-corrected chi connectivity index (χ3v) is 7.10. The van der Waals surface area contributed by atoms with Gasteiger partial charge in [0.25, 0.3) is 5.91 Å². The van der Waals surface area contributed by atoms with Crippen LogP contribution in [-0.4, -0.2) is 76.7 Å². The van der Waals surface area contributed by atoms with Crippen LogP contribution in [0.1, 0.15) is 11.1 Å². The van der Waals surface area contributed by atoms with Crippen LogP contribution >= 0.6 is 0 Å². The highest BCUT2D eigenvalue weighted by Crippen LogP contribution is 2.22. The van der Waals surface area contributed by atoms with E-state index in [-0.39, 0.29) is 17.3 Å². The molecule has 0 saturated carbocycles. The number of carbonyl (C=O) groups is 1. The Labute approximate surface area is 188 Å². The first-order chi connectivity index (χ1) is 15.3. The van der Waals surface area contributed by atoms with Crippen molar-refractivity contribution < 1.29 is 22.7 Å². The summed E-state index contributed by atoms with van der Waals surface area (Å²) in [5, 5.41) is 4.00. The topological polar surface area (TPSA) is 101 Å². The molecule has 1 N–H and O–H groups in total. The van der Waals surface area contributed by atoms with Crippen LogP contribution in [0.25, 0.3) is 0 Å². The van der Waals surface area contributed by atoms with Crippen molar-refractivity contribution in [3.05, 3.63) is 53.6 Å². The van der Waals surface area contributed by atoms with E-state index in [1.807, 2.05) is 11.8 Å². The second kappa shape index (κ2) is 10.6. The zero-order chi connectivity index (χ0) is 23.1. The number of ether oxygens (including phenoxy) is 2. The number of nitrogens with zero attached hydrogens (tertiary/aromatic N) is 3. The normalized spacial score (nSPS) is 15.6. The van der Waals surface area contributed by atoms with E-state index >= 15 is 0 Å². The fourth-order valence-electron chi connectivity index (χ4n) is 3.34. The van der Waals surface area contributed by atoms with E-state index < -0.39 is 10.0 Å². The lowest BCUT2D eigenvalue weighted by Crippen LogP contribution is -2.50. The third-order valence-electron chi connectivity index (χ3n) is 5.19. The van der Waals surface area contributed by atoms with Crippen molar-refractivity contribution in [1.29, 1.82) is 0 Å². The van der Waals surface area contributed by atoms with Crippen molar-refractivity contribution in [3.8, 4) is 11.5 Å². The zero-order valence-electron chi connectivity index (χ0n) is 18.4. The molecule has 0 unspecified atom stereocenters. The Kier molecular flexibility index (Phi) is 7.84. The van der Waals surface area contributed by atoms with Crippen molar-refractivity contribution >= 4 is 22.1 Å². The predicted octanol–water partition coefficient (Wildman–Crippen LogP) is 1.47. The zero-order valence-corrected chi connectivity index (χ0v) is 19.3. The van der Waals surface area contributed by atoms with Gasteiger partial charge in [0.15, 0.2) is 0 Å². The van der Waals surface area contributed by atoms with Gasteiger partial charge in [0.2, 0.25) is 10.0 Å². The minimum absolute atomic E-state index is 0.130. The minimum atomic E-state index is -3.53. The molecule has 9 nitrogen and oxygen atoms in total. The van der Waals surface area contributed by atoms with Crippen LogP contribution in [-0.2, 0) is 14.8 Å². The number of sulfonamides is 1. The van der Waals surface area contributed by atoms with Gasteiger partial charge in [-0.2, -0.15) is 9.41 Å². The number of hydrazone groups is 1. The Morgan fingerprint density at radius 2 is 1.75 bits per heavy atom. The number of amides is 1. The molecule has 2 aromatic carbocycles. The average Bonchev–Trinajstić information content (AvgIpc) is 2.79. The lowest BCUT2D eigenvalue weighted by atomic mass is 10.2. The second-order valence-corrected chi connectivity index (χ2v) is 9.33. The summed E-state index contributed by atoms with van der Waals surface area (Å²) in [7, 11) is -0.410. The second-order valence-electron chi connectivity index (χ2n) is 7.39. The van der Waals surface area contributed by atoms with Crippen LogP contribution in [0.3, 0.4) is 0 Å². The van der Waals surface area contributed by atoms with Crippen LogP contribution in [0.15, 0.2) is 52.5 Å². The van der Waals surface area contributed by atoms with Crippen LogP contribution in [0.5, 0.6) is 11.5 Å². The molecular formula is C22H28N4O5S. The highest BCUT2D eigenvalue weighted by Gasteiger charge is 2.28. The maximum absolute atomic E-state index is 12.8. The molecule has 0 radical (unpaired) electrons. The molecule has 1 fully saturated rings. The summed E-state index contributed by atoms with van der Waals surface area (Å²) >= 11 is 0. The van der Waals surface area contributed by atoms with E-state index in [1.165, 1.54) is 10.5 Å². The molecule has 1 amide bonds. The first kappa shape index (κ1) is 23.7. The lowest BCUT2D eigenvalue weighted by Gasteiger charge is -2.33. The van der Waals surface area contributed by atoms with E-state index in [9.17, 15) is 13.2 Å². The fraction of sp³-hybridized carbons (Fsp3) is 0.364. The number of hydrogen-bond donors (Lipinski definition) is 1. The van der Waals surface area contributed by atoms with Crippen molar-refractivity contribution in [2.24, 2.45) is 5.10 Å². The smallest absolute Gasteiger partial charge is 0.254 e. The van der Waals surface area contributed by atoms with E-state index in [2.05, 4.69) is 10.5 Å². The van der Waals surface area contributed by atoms with E-state index in [4.69, 9.17) is 9.47 Å². The minimum Gasteiger partial charge on any atom is -0.497 e. The Morgan fingerprint density at radius 3 is 2.38 bits per heavy atom. The molecule has 0 aliphatic carbocycles. The molecule has 0 aromatic heterocycles. The molecule has 10 heteroatoms. The molecular weight excluding hydrogens is 432 g/mol. The summed E-state index contributed by atoms with van der Waals surface area (Å²) in [5.41, 5.74) is 4.18. The number of carbonyl (C=O) groups excluding carboxylic acids is 1. The third kappa shape index (κ3) is 5.84. The molecule has 1 saturated heterocycles. The van der Waals surface area contributed by atoms with E-state index in [1.54, 1.807) is 56.7 Å². The number of nitrogens with one attached hydrogen (secondary N) is 1. The molecule has 1 aliphatic heterocycles. The first-order valence-electron chi connectivity index (χ1n) is 10.2. The van der Waals surface area contributed by atoms with Crippen molar-refractivity contribution in [1.82, 2.24) is 14.6 Å². The van der Waals surface area contributed by atoms with Crippen LogP contribution in [0.4, 0.5) is 0 Å². The monoisotopic (exact) mass is 460 g/mol. The number of aryl methyl sites for hydroxylation is 1. The number of hydrogen-bond acceptors (Lipinski definition) is 7. The SMILES string of the molecule is COc1ccc(OC)c(/C=N\NC(=O)CN2CCN(S(=O)(=O)c3ccc(C)cc3)CC2)c1. The average molecular weight is 461 g/mol. The van der Waals surface area contributed by atoms with E-state index in [0.717, 1.165) is 5.56 Å². The molecule has 172 valence electrons. The van der Waals surface area contributed by atoms with Gasteiger partial charge in [-0.15, -0.1) is 0 Å². The van der Waals surface area contributed by atoms with Gasteiger partial charge in [-0.1, -0.05) is 17.7 Å². The summed E-state index contributed by atoms with van der Waals surface area (Å²) in [6.45, 7) is 3.63. The summed E-state index contributed by atoms with van der Waals surface area (Å²) < 4.78 is 37.5. The van der Waals surface area contributed by atoms with Gasteiger partial charge in [-0.05, 0) is 37.3 Å². The summed E-state index contributed by atoms with van der Waals surface area (Å²) in [4.78, 5) is 14.4. The van der Waals surface area contributed by atoms with Crippen molar-refractivity contribution in [3.63, 3.8) is 0 Å². The summed E-state index contributed by atoms with van der Waals surface area (Å²) in [6.07, 6.45) is 1.49. The molecule has 3 rings (SSSR count). The lowest BCUT2D eigenvalue weighted by molar-refractivity contribution is -0.122.